The molecule has 1 heterocycles. The Morgan fingerprint density at radius 2 is 1.82 bits per heavy atom. The number of nitrogens with zero attached hydrogens (tertiary/aromatic N) is 2. The van der Waals surface area contributed by atoms with Gasteiger partial charge in [0.15, 0.2) is 0 Å². The average Bonchev–Trinajstić information content (AvgIpc) is 2.78. The van der Waals surface area contributed by atoms with Gasteiger partial charge in [-0.05, 0) is 12.8 Å². The molecule has 2 N–H and O–H groups in total. The second-order valence-corrected chi connectivity index (χ2v) is 5.14. The van der Waals surface area contributed by atoms with E-state index in [1.54, 1.807) is 0 Å². The van der Waals surface area contributed by atoms with E-state index >= 15 is 0 Å². The van der Waals surface area contributed by atoms with Crippen LogP contribution < -0.4 is 5.73 Å². The van der Waals surface area contributed by atoms with Crippen molar-refractivity contribution in [3.8, 4) is 12.3 Å². The van der Waals surface area contributed by atoms with E-state index in [-0.39, 0.29) is 5.91 Å². The molecule has 2 fully saturated rings. The first-order valence-electron chi connectivity index (χ1n) is 6.40. The van der Waals surface area contributed by atoms with Crippen LogP contribution in [0.1, 0.15) is 25.7 Å². The fourth-order valence-corrected chi connectivity index (χ4v) is 2.77. The molecular formula is C13H21N3O. The molecule has 0 bridgehead atoms. The van der Waals surface area contributed by atoms with E-state index in [0.717, 1.165) is 51.9 Å². The van der Waals surface area contributed by atoms with Crippen molar-refractivity contribution in [2.75, 3.05) is 32.7 Å². The van der Waals surface area contributed by atoms with Crippen molar-refractivity contribution in [1.29, 1.82) is 0 Å². The van der Waals surface area contributed by atoms with Crippen molar-refractivity contribution in [1.82, 2.24) is 9.80 Å². The van der Waals surface area contributed by atoms with Gasteiger partial charge in [0, 0.05) is 26.2 Å². The van der Waals surface area contributed by atoms with E-state index in [1.807, 2.05) is 4.90 Å². The van der Waals surface area contributed by atoms with Crippen molar-refractivity contribution >= 4 is 5.91 Å². The van der Waals surface area contributed by atoms with Crippen LogP contribution in [-0.2, 0) is 4.79 Å². The Balaban J connectivity index is 1.88. The molecule has 4 nitrogen and oxygen atoms in total. The van der Waals surface area contributed by atoms with Crippen molar-refractivity contribution in [3.63, 3.8) is 0 Å². The lowest BCUT2D eigenvalue weighted by atomic mass is 9.97. The first-order chi connectivity index (χ1) is 8.15. The van der Waals surface area contributed by atoms with Crippen LogP contribution in [0.25, 0.3) is 0 Å². The number of carbonyl (C=O) groups excluding carboxylic acids is 1. The van der Waals surface area contributed by atoms with Crippen LogP contribution in [0.5, 0.6) is 0 Å². The number of terminal acetylenes is 1. The largest absolute Gasteiger partial charge is 0.339 e. The van der Waals surface area contributed by atoms with Crippen LogP contribution >= 0.6 is 0 Å². The Morgan fingerprint density at radius 1 is 1.24 bits per heavy atom. The highest BCUT2D eigenvalue weighted by Crippen LogP contribution is 2.29. The number of piperazine rings is 1. The first-order valence-corrected chi connectivity index (χ1v) is 6.40. The van der Waals surface area contributed by atoms with E-state index in [1.165, 1.54) is 0 Å². The smallest absolute Gasteiger partial charge is 0.242 e. The molecule has 94 valence electrons. The van der Waals surface area contributed by atoms with Crippen LogP contribution in [0.15, 0.2) is 0 Å². The molecule has 1 saturated heterocycles. The number of rotatable bonds is 2. The standard InChI is InChI=1S/C13H21N3O/c1-2-7-15-8-10-16(11-9-15)12(17)13(14)5-3-4-6-13/h1H,3-11,14H2. The monoisotopic (exact) mass is 235 g/mol. The SMILES string of the molecule is C#CCN1CCN(C(=O)C2(N)CCCC2)CC1. The van der Waals surface area contributed by atoms with Crippen LogP contribution in [-0.4, -0.2) is 54.0 Å². The normalized spacial score (nSPS) is 24.6. The summed E-state index contributed by atoms with van der Waals surface area (Å²) < 4.78 is 0. The van der Waals surface area contributed by atoms with E-state index in [9.17, 15) is 4.79 Å². The summed E-state index contributed by atoms with van der Waals surface area (Å²) in [7, 11) is 0. The summed E-state index contributed by atoms with van der Waals surface area (Å²) in [6.45, 7) is 3.94. The molecule has 0 unspecified atom stereocenters. The van der Waals surface area contributed by atoms with Gasteiger partial charge in [-0.15, -0.1) is 6.42 Å². The van der Waals surface area contributed by atoms with Crippen molar-refractivity contribution in [2.45, 2.75) is 31.2 Å². The zero-order chi connectivity index (χ0) is 12.3. The Morgan fingerprint density at radius 3 is 2.35 bits per heavy atom. The summed E-state index contributed by atoms with van der Waals surface area (Å²) in [6, 6.07) is 0. The Labute approximate surface area is 103 Å². The Bertz CT molecular complexity index is 320. The molecule has 1 aliphatic heterocycles. The van der Waals surface area contributed by atoms with Gasteiger partial charge in [-0.1, -0.05) is 18.8 Å². The van der Waals surface area contributed by atoms with E-state index in [4.69, 9.17) is 12.2 Å². The highest BCUT2D eigenvalue weighted by Gasteiger charge is 2.40. The van der Waals surface area contributed by atoms with Gasteiger partial charge >= 0.3 is 0 Å². The van der Waals surface area contributed by atoms with E-state index in [0.29, 0.717) is 6.54 Å². The third-order valence-electron chi connectivity index (χ3n) is 3.90. The lowest BCUT2D eigenvalue weighted by molar-refractivity contribution is -0.138. The fourth-order valence-electron chi connectivity index (χ4n) is 2.77. The number of carbonyl (C=O) groups is 1. The molecule has 0 spiro atoms. The molecule has 0 aromatic carbocycles. The molecule has 0 atom stereocenters. The maximum Gasteiger partial charge on any atom is 0.242 e. The minimum Gasteiger partial charge on any atom is -0.339 e. The van der Waals surface area contributed by atoms with Crippen molar-refractivity contribution in [3.05, 3.63) is 0 Å². The van der Waals surface area contributed by atoms with Gasteiger partial charge in [-0.3, -0.25) is 9.69 Å². The quantitative estimate of drug-likeness (QED) is 0.687. The second-order valence-electron chi connectivity index (χ2n) is 5.14. The zero-order valence-corrected chi connectivity index (χ0v) is 10.3. The zero-order valence-electron chi connectivity index (χ0n) is 10.3. The fraction of sp³-hybridized carbons (Fsp3) is 0.769. The Hall–Kier alpha value is -1.05. The van der Waals surface area contributed by atoms with Gasteiger partial charge in [0.25, 0.3) is 0 Å². The Kier molecular flexibility index (Phi) is 3.70. The maximum atomic E-state index is 12.3. The van der Waals surface area contributed by atoms with Gasteiger partial charge in [0.2, 0.25) is 5.91 Å². The third kappa shape index (κ3) is 2.62. The minimum atomic E-state index is -0.575. The summed E-state index contributed by atoms with van der Waals surface area (Å²) in [5.41, 5.74) is 5.61. The molecule has 0 aromatic heterocycles. The summed E-state index contributed by atoms with van der Waals surface area (Å²) in [5.74, 6) is 2.79. The highest BCUT2D eigenvalue weighted by molar-refractivity contribution is 5.86. The first kappa shape index (κ1) is 12.4. The summed E-state index contributed by atoms with van der Waals surface area (Å²) >= 11 is 0. The topological polar surface area (TPSA) is 49.6 Å². The lowest BCUT2D eigenvalue weighted by Gasteiger charge is -2.37. The highest BCUT2D eigenvalue weighted by atomic mass is 16.2. The molecule has 4 heteroatoms. The molecule has 2 aliphatic rings. The molecular weight excluding hydrogens is 214 g/mol. The predicted molar refractivity (Wildman–Crippen MR) is 67.2 cm³/mol. The number of nitrogens with two attached hydrogens (primary N) is 1. The van der Waals surface area contributed by atoms with E-state index in [2.05, 4.69) is 10.8 Å². The molecule has 0 radical (unpaired) electrons. The summed E-state index contributed by atoms with van der Waals surface area (Å²) in [5, 5.41) is 0. The van der Waals surface area contributed by atoms with Crippen LogP contribution in [0.2, 0.25) is 0 Å². The maximum absolute atomic E-state index is 12.3. The molecule has 1 aliphatic carbocycles. The second kappa shape index (κ2) is 5.07. The number of amides is 1. The molecule has 1 amide bonds. The molecule has 1 saturated carbocycles. The number of hydrogen-bond donors (Lipinski definition) is 1. The van der Waals surface area contributed by atoms with Crippen LogP contribution in [0, 0.1) is 12.3 Å². The lowest BCUT2D eigenvalue weighted by Crippen LogP contribution is -2.58. The van der Waals surface area contributed by atoms with Crippen LogP contribution in [0.4, 0.5) is 0 Å². The number of hydrogen-bond acceptors (Lipinski definition) is 3. The molecule has 2 rings (SSSR count). The predicted octanol–water partition coefficient (Wildman–Crippen LogP) is 0.0353. The van der Waals surface area contributed by atoms with E-state index < -0.39 is 5.54 Å². The minimum absolute atomic E-state index is 0.148. The average molecular weight is 235 g/mol. The third-order valence-corrected chi connectivity index (χ3v) is 3.90. The van der Waals surface area contributed by atoms with Gasteiger partial charge in [0.05, 0.1) is 12.1 Å². The van der Waals surface area contributed by atoms with Crippen molar-refractivity contribution < 1.29 is 4.79 Å². The molecule has 0 aromatic rings. The van der Waals surface area contributed by atoms with Gasteiger partial charge in [-0.25, -0.2) is 0 Å². The molecule has 17 heavy (non-hydrogen) atoms. The van der Waals surface area contributed by atoms with Gasteiger partial charge in [0.1, 0.15) is 0 Å². The summed E-state index contributed by atoms with van der Waals surface area (Å²) in [4.78, 5) is 16.4. The van der Waals surface area contributed by atoms with Crippen LogP contribution in [0.3, 0.4) is 0 Å². The summed E-state index contributed by atoms with van der Waals surface area (Å²) in [6.07, 6.45) is 9.13. The van der Waals surface area contributed by atoms with Gasteiger partial charge < -0.3 is 10.6 Å². The van der Waals surface area contributed by atoms with Crippen molar-refractivity contribution in [2.24, 2.45) is 5.73 Å². The van der Waals surface area contributed by atoms with Gasteiger partial charge in [-0.2, -0.15) is 0 Å².